The van der Waals surface area contributed by atoms with Crippen molar-refractivity contribution in [1.82, 2.24) is 9.71 Å². The lowest BCUT2D eigenvalue weighted by Gasteiger charge is -2.35. The molecule has 0 aliphatic carbocycles. The summed E-state index contributed by atoms with van der Waals surface area (Å²) in [5.41, 5.74) is -0.177. The van der Waals surface area contributed by atoms with Crippen LogP contribution >= 0.6 is 11.6 Å². The lowest BCUT2D eigenvalue weighted by Crippen LogP contribution is -2.50. The van der Waals surface area contributed by atoms with Gasteiger partial charge in [-0.3, -0.25) is 0 Å². The van der Waals surface area contributed by atoms with Crippen LogP contribution in [0.15, 0.2) is 24.9 Å². The molecule has 6 heteroatoms. The number of halogens is 2. The first kappa shape index (κ1) is 18.4. The molecule has 0 spiro atoms. The van der Waals surface area contributed by atoms with Crippen molar-refractivity contribution in [3.63, 3.8) is 0 Å². The van der Waals surface area contributed by atoms with E-state index in [1.54, 1.807) is 12.1 Å². The molecule has 1 N–H and O–H groups in total. The molecule has 1 aromatic rings. The minimum Gasteiger partial charge on any atom is -0.598 e. The molecule has 0 aliphatic heterocycles. The molecule has 0 fully saturated rings. The Morgan fingerprint density at radius 2 is 2.10 bits per heavy atom. The summed E-state index contributed by atoms with van der Waals surface area (Å²) in [5, 5.41) is -0.0394. The molecule has 0 aliphatic rings. The normalized spacial score (nSPS) is 16.3. The first-order valence-corrected chi connectivity index (χ1v) is 8.25. The predicted octanol–water partition coefficient (Wildman–Crippen LogP) is 4.11. The third-order valence-electron chi connectivity index (χ3n) is 3.16. The Kier molecular flexibility index (Phi) is 6.23. The fourth-order valence-corrected chi connectivity index (χ4v) is 3.08. The Labute approximate surface area is 134 Å². The minimum atomic E-state index is -1.31. The van der Waals surface area contributed by atoms with Gasteiger partial charge in [-0.1, -0.05) is 17.7 Å². The first-order chi connectivity index (χ1) is 9.62. The van der Waals surface area contributed by atoms with Crippen molar-refractivity contribution in [2.75, 3.05) is 0 Å². The standard InChI is InChI=1S/C15H22ClFN2OS/c1-6-7-9-15(5,19-21(20)14(2,3)4)11-8-10-18-13(17)12(11)16/h6,8,10,19H,1,7,9H2,2-5H3/t15?,21-/m0/s1. The number of allylic oxidation sites excluding steroid dienone is 1. The highest BCUT2D eigenvalue weighted by molar-refractivity contribution is 7.90. The summed E-state index contributed by atoms with van der Waals surface area (Å²) >= 11 is 4.74. The van der Waals surface area contributed by atoms with Gasteiger partial charge < -0.3 is 4.55 Å². The van der Waals surface area contributed by atoms with Gasteiger partial charge in [0.2, 0.25) is 5.95 Å². The van der Waals surface area contributed by atoms with Gasteiger partial charge in [-0.25, -0.2) is 4.98 Å². The van der Waals surface area contributed by atoms with Crippen molar-refractivity contribution in [2.45, 2.75) is 50.8 Å². The summed E-state index contributed by atoms with van der Waals surface area (Å²) in [6, 6.07) is 1.65. The third-order valence-corrected chi connectivity index (χ3v) is 5.27. The van der Waals surface area contributed by atoms with Crippen molar-refractivity contribution >= 4 is 23.0 Å². The molecule has 1 aromatic heterocycles. The van der Waals surface area contributed by atoms with Crippen LogP contribution in [0.4, 0.5) is 4.39 Å². The molecule has 2 atom stereocenters. The summed E-state index contributed by atoms with van der Waals surface area (Å²) in [4.78, 5) is 3.54. The van der Waals surface area contributed by atoms with E-state index in [9.17, 15) is 8.94 Å². The van der Waals surface area contributed by atoms with Crippen LogP contribution in [-0.4, -0.2) is 14.3 Å². The zero-order valence-corrected chi connectivity index (χ0v) is 14.4. The number of aromatic nitrogens is 1. The van der Waals surface area contributed by atoms with E-state index < -0.39 is 27.6 Å². The van der Waals surface area contributed by atoms with Crippen LogP contribution in [-0.2, 0) is 16.9 Å². The predicted molar refractivity (Wildman–Crippen MR) is 87.0 cm³/mol. The summed E-state index contributed by atoms with van der Waals surface area (Å²) in [6.07, 6.45) is 4.42. The highest BCUT2D eigenvalue weighted by Gasteiger charge is 2.38. The van der Waals surface area contributed by atoms with Crippen molar-refractivity contribution in [3.05, 3.63) is 41.5 Å². The molecule has 0 saturated heterocycles. The van der Waals surface area contributed by atoms with Crippen LogP contribution in [0.2, 0.25) is 5.02 Å². The van der Waals surface area contributed by atoms with Crippen LogP contribution in [0, 0.1) is 5.95 Å². The van der Waals surface area contributed by atoms with E-state index >= 15 is 0 Å². The number of nitrogens with zero attached hydrogens (tertiary/aromatic N) is 1. The molecular weight excluding hydrogens is 311 g/mol. The molecule has 1 heterocycles. The Bertz CT molecular complexity index is 507. The quantitative estimate of drug-likeness (QED) is 0.484. The summed E-state index contributed by atoms with van der Waals surface area (Å²) in [7, 11) is 0. The van der Waals surface area contributed by atoms with Gasteiger partial charge >= 0.3 is 0 Å². The van der Waals surface area contributed by atoms with Crippen molar-refractivity contribution in [1.29, 1.82) is 0 Å². The molecule has 21 heavy (non-hydrogen) atoms. The van der Waals surface area contributed by atoms with Gasteiger partial charge in [0.15, 0.2) is 0 Å². The molecule has 118 valence electrons. The van der Waals surface area contributed by atoms with Crippen molar-refractivity contribution in [2.24, 2.45) is 0 Å². The monoisotopic (exact) mass is 332 g/mol. The zero-order chi connectivity index (χ0) is 16.3. The average Bonchev–Trinajstić information content (AvgIpc) is 2.38. The van der Waals surface area contributed by atoms with Gasteiger partial charge in [-0.05, 0) is 46.6 Å². The maximum absolute atomic E-state index is 13.6. The van der Waals surface area contributed by atoms with Crippen molar-refractivity contribution in [3.8, 4) is 0 Å². The van der Waals surface area contributed by atoms with Gasteiger partial charge in [0, 0.05) is 23.1 Å². The van der Waals surface area contributed by atoms with E-state index in [0.29, 0.717) is 18.4 Å². The van der Waals surface area contributed by atoms with E-state index in [0.717, 1.165) is 0 Å². The SMILES string of the molecule is C=CCCC(C)(N[S@@+]([O-])C(C)(C)C)c1ccnc(F)c1Cl. The average molecular weight is 333 g/mol. The van der Waals surface area contributed by atoms with Gasteiger partial charge in [0.05, 0.1) is 5.54 Å². The Hall–Kier alpha value is -0.620. The van der Waals surface area contributed by atoms with Gasteiger partial charge in [-0.2, -0.15) is 4.39 Å². The second-order valence-electron chi connectivity index (χ2n) is 6.11. The summed E-state index contributed by atoms with van der Waals surface area (Å²) in [5.74, 6) is -0.720. The van der Waals surface area contributed by atoms with Crippen LogP contribution in [0.25, 0.3) is 0 Å². The molecular formula is C15H22ClFN2OS. The van der Waals surface area contributed by atoms with E-state index in [1.807, 2.05) is 27.7 Å². The second-order valence-corrected chi connectivity index (χ2v) is 8.45. The Balaban J connectivity index is 3.20. The van der Waals surface area contributed by atoms with Crippen LogP contribution < -0.4 is 4.72 Å². The number of nitrogens with one attached hydrogen (secondary N) is 1. The number of rotatable bonds is 6. The van der Waals surface area contributed by atoms with Crippen LogP contribution in [0.3, 0.4) is 0 Å². The fourth-order valence-electron chi connectivity index (χ4n) is 1.83. The van der Waals surface area contributed by atoms with E-state index in [4.69, 9.17) is 11.6 Å². The lowest BCUT2D eigenvalue weighted by atomic mass is 9.89. The first-order valence-electron chi connectivity index (χ1n) is 6.73. The number of pyridine rings is 1. The topological polar surface area (TPSA) is 48.0 Å². The molecule has 0 saturated carbocycles. The highest BCUT2D eigenvalue weighted by Crippen LogP contribution is 2.34. The fraction of sp³-hybridized carbons (Fsp3) is 0.533. The second kappa shape index (κ2) is 7.09. The van der Waals surface area contributed by atoms with Crippen LogP contribution in [0.1, 0.15) is 46.1 Å². The van der Waals surface area contributed by atoms with E-state index in [2.05, 4.69) is 16.3 Å². The van der Waals surface area contributed by atoms with E-state index in [1.165, 1.54) is 6.20 Å². The highest BCUT2D eigenvalue weighted by atomic mass is 35.5. The van der Waals surface area contributed by atoms with Crippen LogP contribution in [0.5, 0.6) is 0 Å². The molecule has 0 aromatic carbocycles. The smallest absolute Gasteiger partial charge is 0.231 e. The van der Waals surface area contributed by atoms with Gasteiger partial charge in [0.25, 0.3) is 0 Å². The maximum atomic E-state index is 13.6. The number of hydrogen-bond acceptors (Lipinski definition) is 3. The molecule has 0 bridgehead atoms. The Morgan fingerprint density at radius 1 is 1.48 bits per heavy atom. The summed E-state index contributed by atoms with van der Waals surface area (Å²) < 4.78 is 28.7. The van der Waals surface area contributed by atoms with Crippen molar-refractivity contribution < 1.29 is 8.94 Å². The Morgan fingerprint density at radius 3 is 2.62 bits per heavy atom. The maximum Gasteiger partial charge on any atom is 0.231 e. The molecule has 1 rings (SSSR count). The number of hydrogen-bond donors (Lipinski definition) is 1. The lowest BCUT2D eigenvalue weighted by molar-refractivity contribution is 0.392. The third kappa shape index (κ3) is 4.68. The molecule has 0 radical (unpaired) electrons. The largest absolute Gasteiger partial charge is 0.598 e. The molecule has 1 unspecified atom stereocenters. The van der Waals surface area contributed by atoms with Gasteiger partial charge in [-0.15, -0.1) is 11.3 Å². The minimum absolute atomic E-state index is 0.0394. The van der Waals surface area contributed by atoms with Gasteiger partial charge in [0.1, 0.15) is 9.77 Å². The van der Waals surface area contributed by atoms with E-state index in [-0.39, 0.29) is 5.02 Å². The molecule has 3 nitrogen and oxygen atoms in total. The summed E-state index contributed by atoms with van der Waals surface area (Å²) in [6.45, 7) is 11.2. The zero-order valence-electron chi connectivity index (χ0n) is 12.9. The molecule has 0 amide bonds.